The van der Waals surface area contributed by atoms with Crippen molar-refractivity contribution in [2.45, 2.75) is 52.7 Å². The van der Waals surface area contributed by atoms with E-state index in [0.29, 0.717) is 12.3 Å². The van der Waals surface area contributed by atoms with Crippen molar-refractivity contribution >= 4 is 12.4 Å². The maximum Gasteiger partial charge on any atom is 0.116 e. The third-order valence-corrected chi connectivity index (χ3v) is 3.37. The van der Waals surface area contributed by atoms with Crippen molar-refractivity contribution in [3.8, 4) is 5.75 Å². The van der Waals surface area contributed by atoms with Crippen molar-refractivity contribution in [1.29, 1.82) is 0 Å². The van der Waals surface area contributed by atoms with Gasteiger partial charge in [0.15, 0.2) is 0 Å². The van der Waals surface area contributed by atoms with Crippen LogP contribution in [0.2, 0.25) is 0 Å². The van der Waals surface area contributed by atoms with Gasteiger partial charge < -0.3 is 15.9 Å². The lowest BCUT2D eigenvalue weighted by molar-refractivity contribution is 0.128. The lowest BCUT2D eigenvalue weighted by Gasteiger charge is -2.23. The first-order valence-electron chi connectivity index (χ1n) is 6.56. The van der Waals surface area contributed by atoms with Gasteiger partial charge in [-0.2, -0.15) is 0 Å². The number of benzene rings is 1. The highest BCUT2D eigenvalue weighted by molar-refractivity contribution is 5.85. The summed E-state index contributed by atoms with van der Waals surface area (Å²) in [6.07, 6.45) is 1.14. The highest BCUT2D eigenvalue weighted by Crippen LogP contribution is 2.28. The number of phenols is 1. The van der Waals surface area contributed by atoms with Gasteiger partial charge in [-0.1, -0.05) is 13.8 Å². The molecule has 1 aromatic rings. The van der Waals surface area contributed by atoms with E-state index in [-0.39, 0.29) is 24.2 Å². The lowest BCUT2D eigenvalue weighted by Crippen LogP contribution is -2.28. The predicted octanol–water partition coefficient (Wildman–Crippen LogP) is 3.23. The fourth-order valence-electron chi connectivity index (χ4n) is 2.35. The summed E-state index contributed by atoms with van der Waals surface area (Å²) in [7, 11) is 0. The summed E-state index contributed by atoms with van der Waals surface area (Å²) in [5.74, 6) is 0.812. The second-order valence-corrected chi connectivity index (χ2v) is 5.56. The van der Waals surface area contributed by atoms with Crippen molar-refractivity contribution in [1.82, 2.24) is 0 Å². The first-order chi connectivity index (χ1) is 8.32. The van der Waals surface area contributed by atoms with E-state index in [1.54, 1.807) is 12.1 Å². The molecule has 4 N–H and O–H groups in total. The average Bonchev–Trinajstić information content (AvgIpc) is 2.24. The third kappa shape index (κ3) is 5.01. The molecule has 0 spiro atoms. The molecular weight excluding hydrogens is 262 g/mol. The number of aromatic hydroxyl groups is 1. The molecule has 1 aromatic carbocycles. The molecule has 3 nitrogen and oxygen atoms in total. The van der Waals surface area contributed by atoms with Crippen LogP contribution in [0.25, 0.3) is 0 Å². The number of aryl methyl sites for hydroxylation is 2. The van der Waals surface area contributed by atoms with Crippen LogP contribution in [0, 0.1) is 19.8 Å². The number of aliphatic hydroxyl groups is 1. The number of aliphatic hydroxyl groups excluding tert-OH is 1. The molecule has 0 bridgehead atoms. The molecule has 0 radical (unpaired) electrons. The monoisotopic (exact) mass is 287 g/mol. The Bertz CT molecular complexity index is 384. The molecule has 110 valence electrons. The Morgan fingerprint density at radius 1 is 1.11 bits per heavy atom. The van der Waals surface area contributed by atoms with Crippen LogP contribution >= 0.6 is 12.4 Å². The van der Waals surface area contributed by atoms with Crippen LogP contribution in [0.1, 0.15) is 49.4 Å². The maximum atomic E-state index is 10.2. The molecule has 0 fully saturated rings. The van der Waals surface area contributed by atoms with Crippen LogP contribution in [-0.4, -0.2) is 16.3 Å². The van der Waals surface area contributed by atoms with E-state index in [0.717, 1.165) is 23.1 Å². The third-order valence-electron chi connectivity index (χ3n) is 3.37. The molecule has 0 heterocycles. The first kappa shape index (κ1) is 18.2. The number of halogens is 1. The largest absolute Gasteiger partial charge is 0.508 e. The summed E-state index contributed by atoms with van der Waals surface area (Å²) in [6, 6.07) is 3.00. The van der Waals surface area contributed by atoms with Crippen LogP contribution < -0.4 is 5.73 Å². The van der Waals surface area contributed by atoms with E-state index < -0.39 is 6.10 Å². The van der Waals surface area contributed by atoms with E-state index in [9.17, 15) is 10.2 Å². The van der Waals surface area contributed by atoms with E-state index >= 15 is 0 Å². The normalized spacial score (nSPS) is 14.1. The second-order valence-electron chi connectivity index (χ2n) is 5.56. The van der Waals surface area contributed by atoms with E-state index in [1.165, 1.54) is 0 Å². The molecule has 1 rings (SSSR count). The number of nitrogens with two attached hydrogens (primary N) is 1. The zero-order valence-electron chi connectivity index (χ0n) is 12.2. The summed E-state index contributed by atoms with van der Waals surface area (Å²) in [5.41, 5.74) is 8.96. The highest BCUT2D eigenvalue weighted by atomic mass is 35.5. The second kappa shape index (κ2) is 7.73. The number of hydrogen-bond donors (Lipinski definition) is 3. The van der Waals surface area contributed by atoms with E-state index in [4.69, 9.17) is 5.73 Å². The Morgan fingerprint density at radius 3 is 2.00 bits per heavy atom. The fraction of sp³-hybridized carbons (Fsp3) is 0.600. The molecule has 0 aliphatic rings. The van der Waals surface area contributed by atoms with Crippen LogP contribution in [0.5, 0.6) is 5.75 Å². The molecule has 0 aliphatic carbocycles. The summed E-state index contributed by atoms with van der Waals surface area (Å²) in [5, 5.41) is 19.7. The zero-order chi connectivity index (χ0) is 13.9. The number of rotatable bonds is 5. The van der Waals surface area contributed by atoms with Gasteiger partial charge in [-0.05, 0) is 61.4 Å². The summed E-state index contributed by atoms with van der Waals surface area (Å²) >= 11 is 0. The van der Waals surface area contributed by atoms with Crippen molar-refractivity contribution in [3.63, 3.8) is 0 Å². The van der Waals surface area contributed by atoms with Crippen LogP contribution in [0.4, 0.5) is 0 Å². The first-order valence-corrected chi connectivity index (χ1v) is 6.56. The van der Waals surface area contributed by atoms with Gasteiger partial charge in [0, 0.05) is 0 Å². The van der Waals surface area contributed by atoms with Crippen molar-refractivity contribution in [2.75, 3.05) is 0 Å². The average molecular weight is 288 g/mol. The van der Waals surface area contributed by atoms with Gasteiger partial charge in [0.25, 0.3) is 0 Å². The Labute approximate surface area is 122 Å². The highest BCUT2D eigenvalue weighted by Gasteiger charge is 2.20. The van der Waals surface area contributed by atoms with Crippen LogP contribution in [0.15, 0.2) is 12.1 Å². The molecule has 4 heteroatoms. The molecule has 0 amide bonds. The van der Waals surface area contributed by atoms with Crippen LogP contribution in [-0.2, 0) is 0 Å². The minimum absolute atomic E-state index is 0. The Hall–Kier alpha value is -0.770. The smallest absolute Gasteiger partial charge is 0.116 e. The molecule has 0 aliphatic heterocycles. The minimum Gasteiger partial charge on any atom is -0.508 e. The lowest BCUT2D eigenvalue weighted by atomic mass is 9.90. The molecule has 0 unspecified atom stereocenters. The van der Waals surface area contributed by atoms with Crippen molar-refractivity contribution < 1.29 is 10.2 Å². The van der Waals surface area contributed by atoms with Gasteiger partial charge in [-0.3, -0.25) is 0 Å². The van der Waals surface area contributed by atoms with Gasteiger partial charge >= 0.3 is 0 Å². The van der Waals surface area contributed by atoms with Gasteiger partial charge in [-0.15, -0.1) is 12.4 Å². The van der Waals surface area contributed by atoms with Gasteiger partial charge in [0.2, 0.25) is 0 Å². The van der Waals surface area contributed by atoms with E-state index in [1.807, 2.05) is 13.8 Å². The van der Waals surface area contributed by atoms with Gasteiger partial charge in [0.05, 0.1) is 12.1 Å². The molecule has 0 aromatic heterocycles. The minimum atomic E-state index is -0.533. The van der Waals surface area contributed by atoms with E-state index in [2.05, 4.69) is 13.8 Å². The Kier molecular flexibility index (Phi) is 7.42. The topological polar surface area (TPSA) is 66.5 Å². The quantitative estimate of drug-likeness (QED) is 0.779. The van der Waals surface area contributed by atoms with Crippen molar-refractivity contribution in [2.24, 2.45) is 11.7 Å². The SMILES string of the molecule is Cc1cc(O)cc(C)c1[C@@H](N)[C@@H](O)CCC(C)C.Cl. The standard InChI is InChI=1S/C15H25NO2.ClH/c1-9(2)5-6-13(18)15(16)14-10(3)7-12(17)8-11(14)4;/h7-9,13,15,17-18H,5-6,16H2,1-4H3;1H/t13-,15-;/m0./s1. The van der Waals surface area contributed by atoms with Gasteiger partial charge in [0.1, 0.15) is 5.75 Å². The fourth-order valence-corrected chi connectivity index (χ4v) is 2.35. The molecular formula is C15H26ClNO2. The number of phenolic OH excluding ortho intramolecular Hbond substituents is 1. The molecule has 19 heavy (non-hydrogen) atoms. The Balaban J connectivity index is 0.00000324. The summed E-state index contributed by atoms with van der Waals surface area (Å²) in [4.78, 5) is 0. The van der Waals surface area contributed by atoms with Crippen molar-refractivity contribution in [3.05, 3.63) is 28.8 Å². The molecule has 0 saturated carbocycles. The predicted molar refractivity (Wildman–Crippen MR) is 81.8 cm³/mol. The summed E-state index contributed by atoms with van der Waals surface area (Å²) < 4.78 is 0. The zero-order valence-corrected chi connectivity index (χ0v) is 13.0. The summed E-state index contributed by atoms with van der Waals surface area (Å²) in [6.45, 7) is 8.10. The number of hydrogen-bond acceptors (Lipinski definition) is 3. The van der Waals surface area contributed by atoms with Gasteiger partial charge in [-0.25, -0.2) is 0 Å². The van der Waals surface area contributed by atoms with Crippen LogP contribution in [0.3, 0.4) is 0 Å². The Morgan fingerprint density at radius 2 is 1.58 bits per heavy atom. The maximum absolute atomic E-state index is 10.2. The molecule has 0 saturated heterocycles. The molecule has 2 atom stereocenters.